The van der Waals surface area contributed by atoms with E-state index in [1.165, 1.54) is 11.3 Å². The number of hydrogen-bond donors (Lipinski definition) is 0. The van der Waals surface area contributed by atoms with Crippen molar-refractivity contribution >= 4 is 29.0 Å². The van der Waals surface area contributed by atoms with Gasteiger partial charge in [-0.05, 0) is 49.4 Å². The maximum atomic E-state index is 12.7. The molecule has 1 aliphatic heterocycles. The van der Waals surface area contributed by atoms with E-state index in [0.29, 0.717) is 11.8 Å². The van der Waals surface area contributed by atoms with E-state index >= 15 is 0 Å². The second-order valence-electron chi connectivity index (χ2n) is 6.83. The minimum Gasteiger partial charge on any atom is -0.338 e. The van der Waals surface area contributed by atoms with E-state index in [1.54, 1.807) is 23.1 Å². The van der Waals surface area contributed by atoms with Crippen LogP contribution < -0.4 is 0 Å². The van der Waals surface area contributed by atoms with Gasteiger partial charge in [-0.2, -0.15) is 0 Å². The summed E-state index contributed by atoms with van der Waals surface area (Å²) in [5.41, 5.74) is 1.92. The molecule has 1 aromatic carbocycles. The molecule has 5 heteroatoms. The lowest BCUT2D eigenvalue weighted by atomic mass is 9.91. The predicted octanol–water partition coefficient (Wildman–Crippen LogP) is 4.86. The number of benzene rings is 1. The Morgan fingerprint density at radius 2 is 1.92 bits per heavy atom. The fourth-order valence-electron chi connectivity index (χ4n) is 3.34. The molecular weight excluding hydrogens is 336 g/mol. The molecule has 2 atom stereocenters. The molecule has 0 aliphatic carbocycles. The normalized spacial score (nSPS) is 21.0. The zero-order valence-electron chi connectivity index (χ0n) is 14.5. The molecule has 1 amide bonds. The van der Waals surface area contributed by atoms with Gasteiger partial charge in [-0.3, -0.25) is 4.79 Å². The van der Waals surface area contributed by atoms with Gasteiger partial charge in [0.05, 0.1) is 10.7 Å². The van der Waals surface area contributed by atoms with Crippen LogP contribution >= 0.6 is 23.1 Å². The summed E-state index contributed by atoms with van der Waals surface area (Å²) < 4.78 is 0. The van der Waals surface area contributed by atoms with Gasteiger partial charge in [0, 0.05) is 34.7 Å². The van der Waals surface area contributed by atoms with E-state index in [2.05, 4.69) is 24.2 Å². The number of carbonyl (C=O) groups is 1. The van der Waals surface area contributed by atoms with Crippen molar-refractivity contribution in [1.82, 2.24) is 9.88 Å². The lowest BCUT2D eigenvalue weighted by Crippen LogP contribution is -2.42. The Hall–Kier alpha value is -1.33. The van der Waals surface area contributed by atoms with Crippen LogP contribution in [0.15, 0.2) is 34.5 Å². The molecule has 1 aromatic heterocycles. The molecule has 0 bridgehead atoms. The smallest absolute Gasteiger partial charge is 0.253 e. The highest BCUT2D eigenvalue weighted by molar-refractivity contribution is 7.98. The molecule has 0 radical (unpaired) electrons. The Kier molecular flexibility index (Phi) is 5.61. The third-order valence-corrected chi connectivity index (χ3v) is 6.18. The molecule has 0 saturated carbocycles. The Labute approximate surface area is 152 Å². The Morgan fingerprint density at radius 3 is 2.50 bits per heavy atom. The molecule has 0 spiro atoms. The highest BCUT2D eigenvalue weighted by Crippen LogP contribution is 2.26. The van der Waals surface area contributed by atoms with Crippen LogP contribution in [-0.4, -0.2) is 28.9 Å². The van der Waals surface area contributed by atoms with Gasteiger partial charge in [0.25, 0.3) is 5.91 Å². The molecule has 2 aromatic rings. The third-order valence-electron chi connectivity index (χ3n) is 4.31. The van der Waals surface area contributed by atoms with Crippen LogP contribution in [0.3, 0.4) is 0 Å². The Morgan fingerprint density at radius 1 is 1.25 bits per heavy atom. The van der Waals surface area contributed by atoms with E-state index in [1.807, 2.05) is 36.1 Å². The van der Waals surface area contributed by atoms with E-state index in [-0.39, 0.29) is 5.91 Å². The number of thiazole rings is 1. The quantitative estimate of drug-likeness (QED) is 0.730. The maximum absolute atomic E-state index is 12.7. The first kappa shape index (κ1) is 17.5. The fraction of sp³-hybridized carbons (Fsp3) is 0.474. The van der Waals surface area contributed by atoms with Crippen molar-refractivity contribution in [1.29, 1.82) is 0 Å². The van der Waals surface area contributed by atoms with Gasteiger partial charge in [0.15, 0.2) is 0 Å². The molecular formula is C19H24N2OS2. The zero-order chi connectivity index (χ0) is 17.1. The number of thioether (sulfide) groups is 1. The first-order chi connectivity index (χ1) is 11.5. The maximum Gasteiger partial charge on any atom is 0.253 e. The highest BCUT2D eigenvalue weighted by atomic mass is 32.2. The minimum atomic E-state index is 0.167. The highest BCUT2D eigenvalue weighted by Gasteiger charge is 2.25. The third kappa shape index (κ3) is 4.39. The van der Waals surface area contributed by atoms with Crippen molar-refractivity contribution < 1.29 is 4.79 Å². The molecule has 0 N–H and O–H groups in total. The van der Waals surface area contributed by atoms with Gasteiger partial charge in [0.1, 0.15) is 0 Å². The van der Waals surface area contributed by atoms with E-state index < -0.39 is 0 Å². The van der Waals surface area contributed by atoms with Gasteiger partial charge < -0.3 is 4.90 Å². The lowest BCUT2D eigenvalue weighted by Gasteiger charge is -2.35. The standard InChI is InChI=1S/C19H24N2OS2/c1-13-8-14(2)10-21(9-13)19(22)16-4-6-18(7-5-16)24-12-17-11-23-15(3)20-17/h4-7,11,13-14H,8-10,12H2,1-3H3/t13-,14+. The fourth-order valence-corrected chi connectivity index (χ4v) is 4.85. The number of carbonyl (C=O) groups excluding carboxylic acids is 1. The van der Waals surface area contributed by atoms with E-state index in [9.17, 15) is 4.79 Å². The summed E-state index contributed by atoms with van der Waals surface area (Å²) in [6, 6.07) is 8.02. The van der Waals surface area contributed by atoms with E-state index in [4.69, 9.17) is 0 Å². The average Bonchev–Trinajstić information content (AvgIpc) is 2.97. The van der Waals surface area contributed by atoms with Crippen molar-refractivity contribution in [2.75, 3.05) is 13.1 Å². The van der Waals surface area contributed by atoms with Crippen molar-refractivity contribution in [2.45, 2.75) is 37.8 Å². The SMILES string of the molecule is Cc1nc(CSc2ccc(C(=O)N3C[C@H](C)C[C@H](C)C3)cc2)cs1. The van der Waals surface area contributed by atoms with Crippen LogP contribution in [0.5, 0.6) is 0 Å². The average molecular weight is 361 g/mol. The summed E-state index contributed by atoms with van der Waals surface area (Å²) in [6.45, 7) is 8.25. The second kappa shape index (κ2) is 7.70. The van der Waals surface area contributed by atoms with Gasteiger partial charge in [0.2, 0.25) is 0 Å². The number of likely N-dealkylation sites (tertiary alicyclic amines) is 1. The molecule has 128 valence electrons. The summed E-state index contributed by atoms with van der Waals surface area (Å²) in [5.74, 6) is 2.22. The zero-order valence-corrected chi connectivity index (χ0v) is 16.1. The molecule has 24 heavy (non-hydrogen) atoms. The van der Waals surface area contributed by atoms with Crippen LogP contribution in [0.1, 0.15) is 41.3 Å². The first-order valence-corrected chi connectivity index (χ1v) is 10.3. The number of aromatic nitrogens is 1. The van der Waals surface area contributed by atoms with Crippen molar-refractivity contribution in [3.63, 3.8) is 0 Å². The molecule has 2 heterocycles. The number of piperidine rings is 1. The molecule has 3 rings (SSSR count). The molecule has 1 fully saturated rings. The van der Waals surface area contributed by atoms with Crippen LogP contribution in [0, 0.1) is 18.8 Å². The Bertz CT molecular complexity index is 686. The Balaban J connectivity index is 1.60. The number of amides is 1. The van der Waals surface area contributed by atoms with E-state index in [0.717, 1.165) is 35.1 Å². The summed E-state index contributed by atoms with van der Waals surface area (Å²) in [6.07, 6.45) is 1.22. The monoisotopic (exact) mass is 360 g/mol. The summed E-state index contributed by atoms with van der Waals surface area (Å²) in [4.78, 5) is 20.4. The van der Waals surface area contributed by atoms with Gasteiger partial charge in [-0.1, -0.05) is 13.8 Å². The number of hydrogen-bond acceptors (Lipinski definition) is 4. The van der Waals surface area contributed by atoms with Crippen LogP contribution in [0.4, 0.5) is 0 Å². The number of aryl methyl sites for hydroxylation is 1. The van der Waals surface area contributed by atoms with Crippen molar-refractivity contribution in [3.8, 4) is 0 Å². The molecule has 1 aliphatic rings. The minimum absolute atomic E-state index is 0.167. The summed E-state index contributed by atoms with van der Waals surface area (Å²) in [7, 11) is 0. The van der Waals surface area contributed by atoms with Gasteiger partial charge >= 0.3 is 0 Å². The molecule has 3 nitrogen and oxygen atoms in total. The number of nitrogens with zero attached hydrogens (tertiary/aromatic N) is 2. The van der Waals surface area contributed by atoms with Crippen LogP contribution in [0.25, 0.3) is 0 Å². The van der Waals surface area contributed by atoms with Gasteiger partial charge in [-0.25, -0.2) is 4.98 Å². The lowest BCUT2D eigenvalue weighted by molar-refractivity contribution is 0.0623. The summed E-state index contributed by atoms with van der Waals surface area (Å²) >= 11 is 3.45. The topological polar surface area (TPSA) is 33.2 Å². The largest absolute Gasteiger partial charge is 0.338 e. The summed E-state index contributed by atoms with van der Waals surface area (Å²) in [5, 5.41) is 3.22. The van der Waals surface area contributed by atoms with Gasteiger partial charge in [-0.15, -0.1) is 23.1 Å². The van der Waals surface area contributed by atoms with Crippen LogP contribution in [0.2, 0.25) is 0 Å². The molecule has 0 unspecified atom stereocenters. The predicted molar refractivity (Wildman–Crippen MR) is 102 cm³/mol. The van der Waals surface area contributed by atoms with Crippen molar-refractivity contribution in [2.24, 2.45) is 11.8 Å². The first-order valence-electron chi connectivity index (χ1n) is 8.44. The van der Waals surface area contributed by atoms with Crippen molar-refractivity contribution in [3.05, 3.63) is 45.9 Å². The number of rotatable bonds is 4. The van der Waals surface area contributed by atoms with Crippen LogP contribution in [-0.2, 0) is 5.75 Å². The second-order valence-corrected chi connectivity index (χ2v) is 8.94. The molecule has 1 saturated heterocycles.